The van der Waals surface area contributed by atoms with Gasteiger partial charge in [-0.05, 0) is 6.07 Å². The van der Waals surface area contributed by atoms with E-state index in [0.717, 1.165) is 0 Å². The fourth-order valence-corrected chi connectivity index (χ4v) is 1.50. The van der Waals surface area contributed by atoms with Crippen LogP contribution in [0.25, 0.3) is 0 Å². The standard InChI is InChI=1S/C7H9ClN2O3S/c1-13-7-4-6(2-3-9-7)10-14(11,12)5-8/h2-4H,5H2,1H3,(H,9,10). The largest absolute Gasteiger partial charge is 0.481 e. The van der Waals surface area contributed by atoms with Crippen LogP contribution < -0.4 is 9.46 Å². The molecule has 1 aromatic heterocycles. The molecule has 0 aliphatic heterocycles. The first-order valence-electron chi connectivity index (χ1n) is 3.64. The molecular weight excluding hydrogens is 228 g/mol. The van der Waals surface area contributed by atoms with Crippen LogP contribution >= 0.6 is 11.6 Å². The highest BCUT2D eigenvalue weighted by atomic mass is 35.5. The van der Waals surface area contributed by atoms with Gasteiger partial charge >= 0.3 is 0 Å². The number of anilines is 1. The number of alkyl halides is 1. The van der Waals surface area contributed by atoms with Gasteiger partial charge in [-0.3, -0.25) is 4.72 Å². The quantitative estimate of drug-likeness (QED) is 0.793. The second-order valence-electron chi connectivity index (χ2n) is 2.41. The molecule has 1 heterocycles. The minimum Gasteiger partial charge on any atom is -0.481 e. The van der Waals surface area contributed by atoms with E-state index in [0.29, 0.717) is 11.6 Å². The van der Waals surface area contributed by atoms with E-state index >= 15 is 0 Å². The second kappa shape index (κ2) is 4.47. The number of nitrogens with one attached hydrogen (secondary N) is 1. The number of methoxy groups -OCH3 is 1. The Kier molecular flexibility index (Phi) is 3.54. The number of halogens is 1. The third kappa shape index (κ3) is 3.04. The summed E-state index contributed by atoms with van der Waals surface area (Å²) in [7, 11) is -2.02. The Bertz CT molecular complexity index is 407. The number of hydrogen-bond acceptors (Lipinski definition) is 4. The van der Waals surface area contributed by atoms with Gasteiger partial charge in [0.15, 0.2) is 0 Å². The summed E-state index contributed by atoms with van der Waals surface area (Å²) < 4.78 is 29.2. The molecule has 1 aromatic rings. The van der Waals surface area contributed by atoms with Gasteiger partial charge in [-0.1, -0.05) is 0 Å². The van der Waals surface area contributed by atoms with Crippen LogP contribution in [-0.2, 0) is 10.0 Å². The molecule has 0 aromatic carbocycles. The van der Waals surface area contributed by atoms with E-state index in [2.05, 4.69) is 9.71 Å². The molecule has 0 aliphatic rings. The van der Waals surface area contributed by atoms with Gasteiger partial charge in [0.1, 0.15) is 5.21 Å². The summed E-state index contributed by atoms with van der Waals surface area (Å²) in [5, 5.41) is -0.488. The maximum atomic E-state index is 11.1. The van der Waals surface area contributed by atoms with Crippen molar-refractivity contribution in [2.75, 3.05) is 17.0 Å². The Balaban J connectivity index is 2.87. The van der Waals surface area contributed by atoms with Gasteiger partial charge in [-0.25, -0.2) is 13.4 Å². The molecule has 0 fully saturated rings. The lowest BCUT2D eigenvalue weighted by Gasteiger charge is -2.05. The summed E-state index contributed by atoms with van der Waals surface area (Å²) in [5.74, 6) is 0.333. The van der Waals surface area contributed by atoms with Gasteiger partial charge in [0.25, 0.3) is 0 Å². The van der Waals surface area contributed by atoms with Gasteiger partial charge in [-0.15, -0.1) is 11.6 Å². The highest BCUT2D eigenvalue weighted by Gasteiger charge is 2.08. The van der Waals surface area contributed by atoms with Crippen molar-refractivity contribution in [2.45, 2.75) is 0 Å². The predicted octanol–water partition coefficient (Wildman–Crippen LogP) is 1.03. The number of ether oxygens (including phenoxy) is 1. The fraction of sp³-hybridized carbons (Fsp3) is 0.286. The molecule has 14 heavy (non-hydrogen) atoms. The van der Waals surface area contributed by atoms with Crippen molar-refractivity contribution >= 4 is 27.3 Å². The van der Waals surface area contributed by atoms with Crippen LogP contribution in [0.15, 0.2) is 18.3 Å². The van der Waals surface area contributed by atoms with E-state index in [9.17, 15) is 8.42 Å². The molecule has 5 nitrogen and oxygen atoms in total. The van der Waals surface area contributed by atoms with Gasteiger partial charge in [0.05, 0.1) is 12.8 Å². The van der Waals surface area contributed by atoms with Crippen LogP contribution in [0.3, 0.4) is 0 Å². The van der Waals surface area contributed by atoms with Crippen molar-refractivity contribution in [3.8, 4) is 5.88 Å². The lowest BCUT2D eigenvalue weighted by atomic mass is 10.4. The Morgan fingerprint density at radius 1 is 1.64 bits per heavy atom. The molecule has 0 spiro atoms. The monoisotopic (exact) mass is 236 g/mol. The molecule has 0 unspecified atom stereocenters. The fourth-order valence-electron chi connectivity index (χ4n) is 0.791. The molecule has 0 saturated heterocycles. The van der Waals surface area contributed by atoms with Crippen molar-refractivity contribution in [1.82, 2.24) is 4.98 Å². The number of sulfonamides is 1. The zero-order valence-corrected chi connectivity index (χ0v) is 8.97. The number of nitrogens with zero attached hydrogens (tertiary/aromatic N) is 1. The molecular formula is C7H9ClN2O3S. The second-order valence-corrected chi connectivity index (χ2v) is 4.72. The Morgan fingerprint density at radius 3 is 2.93 bits per heavy atom. The number of rotatable bonds is 4. The average molecular weight is 237 g/mol. The van der Waals surface area contributed by atoms with E-state index in [1.165, 1.54) is 25.4 Å². The van der Waals surface area contributed by atoms with Crippen LogP contribution in [0.1, 0.15) is 0 Å². The zero-order valence-electron chi connectivity index (χ0n) is 7.40. The maximum absolute atomic E-state index is 11.1. The first-order valence-corrected chi connectivity index (χ1v) is 5.82. The first-order chi connectivity index (χ1) is 6.57. The van der Waals surface area contributed by atoms with Crippen LogP contribution in [0.2, 0.25) is 0 Å². The molecule has 1 rings (SSSR count). The number of pyridine rings is 1. The summed E-state index contributed by atoms with van der Waals surface area (Å²) in [5.41, 5.74) is 0.373. The van der Waals surface area contributed by atoms with Crippen molar-refractivity contribution in [3.05, 3.63) is 18.3 Å². The third-order valence-corrected chi connectivity index (χ3v) is 3.06. The topological polar surface area (TPSA) is 68.3 Å². The van der Waals surface area contributed by atoms with E-state index in [1.54, 1.807) is 0 Å². The Morgan fingerprint density at radius 2 is 2.36 bits per heavy atom. The van der Waals surface area contributed by atoms with Crippen LogP contribution in [-0.4, -0.2) is 25.7 Å². The first kappa shape index (κ1) is 11.1. The smallest absolute Gasteiger partial charge is 0.246 e. The number of hydrogen-bond donors (Lipinski definition) is 1. The summed E-state index contributed by atoms with van der Waals surface area (Å²) >= 11 is 5.22. The predicted molar refractivity (Wildman–Crippen MR) is 54.1 cm³/mol. The summed E-state index contributed by atoms with van der Waals surface area (Å²) in [6.07, 6.45) is 1.44. The molecule has 0 radical (unpaired) electrons. The van der Waals surface area contributed by atoms with Crippen LogP contribution in [0.5, 0.6) is 5.88 Å². The van der Waals surface area contributed by atoms with Gasteiger partial charge in [0, 0.05) is 12.3 Å². The van der Waals surface area contributed by atoms with E-state index in [4.69, 9.17) is 16.3 Å². The molecule has 0 saturated carbocycles. The Labute approximate surface area is 87.1 Å². The molecule has 0 amide bonds. The van der Waals surface area contributed by atoms with Crippen molar-refractivity contribution in [2.24, 2.45) is 0 Å². The van der Waals surface area contributed by atoms with E-state index in [1.807, 2.05) is 0 Å². The van der Waals surface area contributed by atoms with Gasteiger partial charge in [0.2, 0.25) is 15.9 Å². The average Bonchev–Trinajstić information content (AvgIpc) is 2.17. The summed E-state index contributed by atoms with van der Waals surface area (Å²) in [6, 6.07) is 2.97. The zero-order chi connectivity index (χ0) is 10.6. The highest BCUT2D eigenvalue weighted by Crippen LogP contribution is 2.14. The minimum absolute atomic E-state index is 0.333. The molecule has 0 bridgehead atoms. The summed E-state index contributed by atoms with van der Waals surface area (Å²) in [6.45, 7) is 0. The molecule has 7 heteroatoms. The van der Waals surface area contributed by atoms with Crippen LogP contribution in [0, 0.1) is 0 Å². The highest BCUT2D eigenvalue weighted by molar-refractivity contribution is 7.93. The molecule has 0 atom stereocenters. The molecule has 0 aliphatic carbocycles. The Hall–Kier alpha value is -1.01. The van der Waals surface area contributed by atoms with Crippen molar-refractivity contribution < 1.29 is 13.2 Å². The lowest BCUT2D eigenvalue weighted by molar-refractivity contribution is 0.398. The summed E-state index contributed by atoms with van der Waals surface area (Å²) in [4.78, 5) is 3.82. The van der Waals surface area contributed by atoms with Gasteiger partial charge in [-0.2, -0.15) is 0 Å². The van der Waals surface area contributed by atoms with E-state index in [-0.39, 0.29) is 0 Å². The van der Waals surface area contributed by atoms with Crippen molar-refractivity contribution in [1.29, 1.82) is 0 Å². The van der Waals surface area contributed by atoms with E-state index < -0.39 is 15.2 Å². The normalized spacial score (nSPS) is 11.0. The third-order valence-electron chi connectivity index (χ3n) is 1.36. The number of aromatic nitrogens is 1. The minimum atomic E-state index is -3.47. The maximum Gasteiger partial charge on any atom is 0.246 e. The lowest BCUT2D eigenvalue weighted by Crippen LogP contribution is -2.13. The van der Waals surface area contributed by atoms with Crippen molar-refractivity contribution in [3.63, 3.8) is 0 Å². The van der Waals surface area contributed by atoms with Gasteiger partial charge < -0.3 is 4.74 Å². The SMILES string of the molecule is COc1cc(NS(=O)(=O)CCl)ccn1. The molecule has 1 N–H and O–H groups in total. The van der Waals surface area contributed by atoms with Crippen LogP contribution in [0.4, 0.5) is 5.69 Å². The molecule has 78 valence electrons.